The molecule has 2 rings (SSSR count). The van der Waals surface area contributed by atoms with Crippen molar-refractivity contribution in [3.63, 3.8) is 0 Å². The van der Waals surface area contributed by atoms with Crippen LogP contribution in [0.2, 0.25) is 0 Å². The average molecular weight is 291 g/mol. The summed E-state index contributed by atoms with van der Waals surface area (Å²) in [5.74, 6) is 0.0347. The molecule has 0 spiro atoms. The van der Waals surface area contributed by atoms with Crippen molar-refractivity contribution >= 4 is 23.4 Å². The number of phenols is 1. The summed E-state index contributed by atoms with van der Waals surface area (Å²) < 4.78 is 0. The van der Waals surface area contributed by atoms with Gasteiger partial charge in [0.15, 0.2) is 5.16 Å². The number of thioether (sulfide) groups is 1. The lowest BCUT2D eigenvalue weighted by Crippen LogP contribution is -2.21. The molecular weight excluding hydrogens is 278 g/mol. The number of hydrogen-bond donors (Lipinski definition) is 3. The molecule has 3 N–H and O–H groups in total. The fourth-order valence-electron chi connectivity index (χ4n) is 1.42. The van der Waals surface area contributed by atoms with Crippen LogP contribution in [0, 0.1) is 0 Å². The van der Waals surface area contributed by atoms with Crippen LogP contribution in [0.4, 0.5) is 0 Å². The molecule has 8 heteroatoms. The molecule has 0 aliphatic rings. The third-order valence-corrected chi connectivity index (χ3v) is 3.25. The van der Waals surface area contributed by atoms with Crippen molar-refractivity contribution in [3.05, 3.63) is 36.2 Å². The molecule has 1 aromatic carbocycles. The maximum Gasteiger partial charge on any atom is 0.250 e. The first-order valence-corrected chi connectivity index (χ1v) is 6.75. The molecule has 1 amide bonds. The highest BCUT2D eigenvalue weighted by molar-refractivity contribution is 7.99. The summed E-state index contributed by atoms with van der Waals surface area (Å²) >= 11 is 1.23. The number of aromatic amines is 1. The summed E-state index contributed by atoms with van der Waals surface area (Å²) in [5.41, 5.74) is 3.53. The number of hydrogen-bond acceptors (Lipinski definition) is 6. The lowest BCUT2D eigenvalue weighted by molar-refractivity contribution is -0.118. The summed E-state index contributed by atoms with van der Waals surface area (Å²) in [5, 5.41) is 20.5. The van der Waals surface area contributed by atoms with E-state index in [-0.39, 0.29) is 17.4 Å². The molecule has 1 aromatic heterocycles. The Morgan fingerprint density at radius 1 is 1.50 bits per heavy atom. The van der Waals surface area contributed by atoms with E-state index in [1.54, 1.807) is 31.2 Å². The summed E-state index contributed by atoms with van der Waals surface area (Å²) in [6.45, 7) is 1.71. The van der Waals surface area contributed by atoms with Gasteiger partial charge in [-0.1, -0.05) is 23.9 Å². The molecule has 20 heavy (non-hydrogen) atoms. The Bertz CT molecular complexity index is 612. The normalized spacial score (nSPS) is 11.3. The van der Waals surface area contributed by atoms with E-state index < -0.39 is 0 Å². The van der Waals surface area contributed by atoms with E-state index in [0.29, 0.717) is 16.4 Å². The molecule has 0 saturated heterocycles. The smallest absolute Gasteiger partial charge is 0.250 e. The molecule has 0 atom stereocenters. The number of aromatic hydroxyl groups is 1. The van der Waals surface area contributed by atoms with E-state index in [9.17, 15) is 9.90 Å². The highest BCUT2D eigenvalue weighted by Gasteiger charge is 2.06. The van der Waals surface area contributed by atoms with Crippen molar-refractivity contribution in [1.29, 1.82) is 0 Å². The Labute approximate surface area is 119 Å². The minimum atomic E-state index is -0.263. The standard InChI is InChI=1S/C12H13N5O2S/c1-8(9-4-2-3-5-10(9)18)15-16-11(19)6-20-12-13-7-14-17-12/h2-5,7,18H,6H2,1H3,(H,16,19)(H,13,14,17)/b15-8+. The molecular formula is C12H13N5O2S. The Kier molecular flexibility index (Phi) is 4.72. The van der Waals surface area contributed by atoms with Gasteiger partial charge in [-0.25, -0.2) is 10.4 Å². The quantitative estimate of drug-likeness (QED) is 0.435. The van der Waals surface area contributed by atoms with Gasteiger partial charge in [0.05, 0.1) is 11.5 Å². The molecule has 1 heterocycles. The minimum Gasteiger partial charge on any atom is -0.507 e. The first kappa shape index (κ1) is 14.1. The van der Waals surface area contributed by atoms with Crippen molar-refractivity contribution in [1.82, 2.24) is 20.6 Å². The maximum atomic E-state index is 11.6. The van der Waals surface area contributed by atoms with E-state index in [1.807, 2.05) is 0 Å². The number of benzene rings is 1. The number of aromatic nitrogens is 3. The van der Waals surface area contributed by atoms with Gasteiger partial charge in [0.25, 0.3) is 5.91 Å². The van der Waals surface area contributed by atoms with Gasteiger partial charge in [0, 0.05) is 5.56 Å². The van der Waals surface area contributed by atoms with Crippen LogP contribution in [0.1, 0.15) is 12.5 Å². The number of phenolic OH excluding ortho intramolecular Hbond substituents is 1. The second-order valence-electron chi connectivity index (χ2n) is 3.83. The molecule has 0 unspecified atom stereocenters. The molecule has 0 aliphatic heterocycles. The predicted molar refractivity (Wildman–Crippen MR) is 75.6 cm³/mol. The fraction of sp³-hybridized carbons (Fsp3) is 0.167. The molecule has 0 radical (unpaired) electrons. The number of carbonyl (C=O) groups excluding carboxylic acids is 1. The molecule has 0 aliphatic carbocycles. The minimum absolute atomic E-state index is 0.124. The molecule has 0 bridgehead atoms. The zero-order valence-electron chi connectivity index (χ0n) is 10.7. The summed E-state index contributed by atoms with van der Waals surface area (Å²) in [6, 6.07) is 6.80. The number of carbonyl (C=O) groups is 1. The topological polar surface area (TPSA) is 103 Å². The van der Waals surface area contributed by atoms with Gasteiger partial charge in [-0.3, -0.25) is 9.89 Å². The summed E-state index contributed by atoms with van der Waals surface area (Å²) in [7, 11) is 0. The lowest BCUT2D eigenvalue weighted by Gasteiger charge is -2.04. The summed E-state index contributed by atoms with van der Waals surface area (Å²) in [4.78, 5) is 15.5. The number of para-hydroxylation sites is 1. The van der Waals surface area contributed by atoms with Crippen LogP contribution in [-0.4, -0.2) is 37.7 Å². The monoisotopic (exact) mass is 291 g/mol. The van der Waals surface area contributed by atoms with Crippen LogP contribution in [0.3, 0.4) is 0 Å². The van der Waals surface area contributed by atoms with Crippen molar-refractivity contribution in [3.8, 4) is 5.75 Å². The largest absolute Gasteiger partial charge is 0.507 e. The SMILES string of the molecule is C/C(=N\NC(=O)CSc1ncn[nH]1)c1ccccc1O. The third kappa shape index (κ3) is 3.82. The van der Waals surface area contributed by atoms with E-state index in [1.165, 1.54) is 18.1 Å². The van der Waals surface area contributed by atoms with Gasteiger partial charge >= 0.3 is 0 Å². The van der Waals surface area contributed by atoms with Gasteiger partial charge in [-0.05, 0) is 19.1 Å². The number of hydrazone groups is 1. The number of amides is 1. The molecule has 0 fully saturated rings. The van der Waals surface area contributed by atoms with Gasteiger partial charge in [0.1, 0.15) is 12.1 Å². The lowest BCUT2D eigenvalue weighted by atomic mass is 10.1. The number of rotatable bonds is 5. The molecule has 0 saturated carbocycles. The van der Waals surface area contributed by atoms with E-state index >= 15 is 0 Å². The molecule has 2 aromatic rings. The average Bonchev–Trinajstić information content (AvgIpc) is 2.96. The second kappa shape index (κ2) is 6.71. The van der Waals surface area contributed by atoms with Crippen molar-refractivity contribution < 1.29 is 9.90 Å². The van der Waals surface area contributed by atoms with Gasteiger partial charge in [-0.15, -0.1) is 0 Å². The van der Waals surface area contributed by atoms with E-state index in [0.717, 1.165) is 0 Å². The highest BCUT2D eigenvalue weighted by Crippen LogP contribution is 2.16. The number of nitrogens with one attached hydrogen (secondary N) is 2. The van der Waals surface area contributed by atoms with Crippen LogP contribution in [0.15, 0.2) is 40.9 Å². The van der Waals surface area contributed by atoms with Gasteiger partial charge < -0.3 is 5.11 Å². The predicted octanol–water partition coefficient (Wildman–Crippen LogP) is 1.14. The number of H-pyrrole nitrogens is 1. The second-order valence-corrected chi connectivity index (χ2v) is 4.79. The van der Waals surface area contributed by atoms with Gasteiger partial charge in [-0.2, -0.15) is 10.2 Å². The van der Waals surface area contributed by atoms with Crippen LogP contribution in [-0.2, 0) is 4.79 Å². The van der Waals surface area contributed by atoms with E-state index in [2.05, 4.69) is 25.7 Å². The Hall–Kier alpha value is -2.35. The molecule has 7 nitrogen and oxygen atoms in total. The van der Waals surface area contributed by atoms with Crippen LogP contribution < -0.4 is 5.43 Å². The van der Waals surface area contributed by atoms with Crippen LogP contribution >= 0.6 is 11.8 Å². The van der Waals surface area contributed by atoms with Gasteiger partial charge in [0.2, 0.25) is 0 Å². The van der Waals surface area contributed by atoms with Crippen molar-refractivity contribution in [2.75, 3.05) is 5.75 Å². The van der Waals surface area contributed by atoms with Crippen molar-refractivity contribution in [2.24, 2.45) is 5.10 Å². The van der Waals surface area contributed by atoms with Crippen LogP contribution in [0.5, 0.6) is 5.75 Å². The zero-order valence-corrected chi connectivity index (χ0v) is 11.5. The Morgan fingerprint density at radius 3 is 3.00 bits per heavy atom. The first-order valence-electron chi connectivity index (χ1n) is 5.76. The Balaban J connectivity index is 1.88. The third-order valence-electron chi connectivity index (χ3n) is 2.38. The highest BCUT2D eigenvalue weighted by atomic mass is 32.2. The maximum absolute atomic E-state index is 11.6. The van der Waals surface area contributed by atoms with Crippen molar-refractivity contribution in [2.45, 2.75) is 12.1 Å². The summed E-state index contributed by atoms with van der Waals surface area (Å²) in [6.07, 6.45) is 1.38. The van der Waals surface area contributed by atoms with E-state index in [4.69, 9.17) is 0 Å². The fourth-order valence-corrected chi connectivity index (χ4v) is 1.99. The number of nitrogens with zero attached hydrogens (tertiary/aromatic N) is 3. The zero-order chi connectivity index (χ0) is 14.4. The van der Waals surface area contributed by atoms with Crippen LogP contribution in [0.25, 0.3) is 0 Å². The molecule has 104 valence electrons. The Morgan fingerprint density at radius 2 is 2.30 bits per heavy atom. The first-order chi connectivity index (χ1) is 9.66.